The number of hydrogen-bond acceptors (Lipinski definition) is 3. The monoisotopic (exact) mass is 173 g/mol. The molecule has 0 amide bonds. The van der Waals surface area contributed by atoms with Crippen LogP contribution < -0.4 is 0 Å². The maximum Gasteiger partial charge on any atom is 0.0443 e. The minimum Gasteiger partial charge on any atom is -0.396 e. The van der Waals surface area contributed by atoms with Crippen molar-refractivity contribution in [3.8, 4) is 0 Å². The summed E-state index contributed by atoms with van der Waals surface area (Å²) in [5, 5.41) is 10.5. The van der Waals surface area contributed by atoms with Crippen molar-refractivity contribution in [3.63, 3.8) is 0 Å². The molecule has 3 heteroatoms. The van der Waals surface area contributed by atoms with Gasteiger partial charge in [-0.1, -0.05) is 0 Å². The van der Waals surface area contributed by atoms with Crippen molar-refractivity contribution in [1.82, 2.24) is 4.90 Å². The summed E-state index contributed by atoms with van der Waals surface area (Å²) in [6.45, 7) is 3.98. The number of rotatable bonds is 3. The number of aliphatic hydroxyl groups excluding tert-OH is 1. The van der Waals surface area contributed by atoms with Gasteiger partial charge in [0.05, 0.1) is 0 Å². The van der Waals surface area contributed by atoms with Crippen molar-refractivity contribution >= 4 is 11.8 Å². The molecule has 0 saturated carbocycles. The molecule has 3 saturated heterocycles. The van der Waals surface area contributed by atoms with E-state index in [9.17, 15) is 0 Å². The zero-order valence-corrected chi connectivity index (χ0v) is 7.52. The van der Waals surface area contributed by atoms with Gasteiger partial charge in [0.2, 0.25) is 0 Å². The molecule has 2 unspecified atom stereocenters. The summed E-state index contributed by atoms with van der Waals surface area (Å²) in [4.78, 5) is 2.49. The van der Waals surface area contributed by atoms with E-state index in [1.165, 1.54) is 19.5 Å². The van der Waals surface area contributed by atoms with Gasteiger partial charge in [0.25, 0.3) is 0 Å². The van der Waals surface area contributed by atoms with Crippen molar-refractivity contribution in [2.45, 2.75) is 23.3 Å². The van der Waals surface area contributed by atoms with E-state index in [2.05, 4.69) is 16.7 Å². The number of piperidine rings is 1. The summed E-state index contributed by atoms with van der Waals surface area (Å²) in [5.74, 6) is 0. The van der Waals surface area contributed by atoms with Crippen LogP contribution in [0.5, 0.6) is 0 Å². The van der Waals surface area contributed by atoms with Gasteiger partial charge in [-0.2, -0.15) is 11.8 Å². The van der Waals surface area contributed by atoms with Crippen molar-refractivity contribution in [3.05, 3.63) is 0 Å². The highest BCUT2D eigenvalue weighted by Crippen LogP contribution is 2.41. The van der Waals surface area contributed by atoms with Gasteiger partial charge in [-0.25, -0.2) is 0 Å². The van der Waals surface area contributed by atoms with E-state index in [1.54, 1.807) is 0 Å². The first-order valence-electron chi connectivity index (χ1n) is 4.37. The van der Waals surface area contributed by atoms with Crippen LogP contribution in [0.1, 0.15) is 12.8 Å². The minimum absolute atomic E-state index is 0.346. The number of fused-ring (bicyclic) bond motifs is 2. The number of thioether (sulfide) groups is 1. The maximum absolute atomic E-state index is 8.64. The molecule has 3 fully saturated rings. The maximum atomic E-state index is 8.64. The van der Waals surface area contributed by atoms with Crippen LogP contribution in [0.2, 0.25) is 0 Å². The average Bonchev–Trinajstić information content (AvgIpc) is 2.00. The van der Waals surface area contributed by atoms with E-state index in [0.717, 1.165) is 23.5 Å². The highest BCUT2D eigenvalue weighted by atomic mass is 32.2. The molecule has 3 rings (SSSR count). The fraction of sp³-hybridized carbons (Fsp3) is 1.00. The summed E-state index contributed by atoms with van der Waals surface area (Å²) < 4.78 is 0. The van der Waals surface area contributed by atoms with Crippen LogP contribution in [0.3, 0.4) is 0 Å². The zero-order valence-electron chi connectivity index (χ0n) is 6.70. The van der Waals surface area contributed by atoms with Crippen LogP contribution in [0, 0.1) is 0 Å². The van der Waals surface area contributed by atoms with Gasteiger partial charge < -0.3 is 10.0 Å². The fourth-order valence-corrected chi connectivity index (χ4v) is 3.38. The predicted molar refractivity (Wildman–Crippen MR) is 47.9 cm³/mol. The van der Waals surface area contributed by atoms with Gasteiger partial charge in [0.15, 0.2) is 0 Å². The molecule has 3 aliphatic heterocycles. The number of nitrogens with zero attached hydrogens (tertiary/aromatic N) is 1. The van der Waals surface area contributed by atoms with E-state index in [-0.39, 0.29) is 0 Å². The Morgan fingerprint density at radius 3 is 2.55 bits per heavy atom. The van der Waals surface area contributed by atoms with Gasteiger partial charge in [0.1, 0.15) is 0 Å². The second-order valence-corrected chi connectivity index (χ2v) is 5.06. The van der Waals surface area contributed by atoms with E-state index in [0.29, 0.717) is 6.61 Å². The molecule has 2 atom stereocenters. The van der Waals surface area contributed by atoms with E-state index >= 15 is 0 Å². The Morgan fingerprint density at radius 2 is 2.00 bits per heavy atom. The highest BCUT2D eigenvalue weighted by Gasteiger charge is 2.37. The molecule has 2 nitrogen and oxygen atoms in total. The molecule has 3 aliphatic rings. The van der Waals surface area contributed by atoms with Crippen LogP contribution in [-0.4, -0.2) is 46.7 Å². The Bertz CT molecular complexity index is 126. The summed E-state index contributed by atoms with van der Waals surface area (Å²) in [5.41, 5.74) is 0. The molecule has 1 N–H and O–H groups in total. The third kappa shape index (κ3) is 1.71. The second-order valence-electron chi connectivity index (χ2n) is 3.45. The molecule has 0 spiro atoms. The van der Waals surface area contributed by atoms with E-state index in [1.807, 2.05) is 0 Å². The Kier molecular flexibility index (Phi) is 2.39. The van der Waals surface area contributed by atoms with Gasteiger partial charge >= 0.3 is 0 Å². The van der Waals surface area contributed by atoms with Crippen molar-refractivity contribution in [2.75, 3.05) is 26.2 Å². The second kappa shape index (κ2) is 3.33. The first kappa shape index (κ1) is 7.90. The topological polar surface area (TPSA) is 23.5 Å². The lowest BCUT2D eigenvalue weighted by atomic mass is 10.1. The molecule has 11 heavy (non-hydrogen) atoms. The molecule has 0 radical (unpaired) electrons. The third-order valence-electron chi connectivity index (χ3n) is 2.47. The molecule has 2 bridgehead atoms. The quantitative estimate of drug-likeness (QED) is 0.674. The molecule has 64 valence electrons. The predicted octanol–water partition coefficient (Wildman–Crippen LogP) is 0.558. The molecule has 0 aromatic heterocycles. The van der Waals surface area contributed by atoms with Crippen LogP contribution in [0.15, 0.2) is 0 Å². The third-order valence-corrected chi connectivity index (χ3v) is 3.92. The van der Waals surface area contributed by atoms with E-state index in [4.69, 9.17) is 5.11 Å². The largest absolute Gasteiger partial charge is 0.396 e. The standard InChI is InChI=1S/C8H15NOS/c10-3-1-2-9-5-7-4-8(6-9)11-7/h7-8,10H,1-6H2. The Hall–Kier alpha value is 0.270. The van der Waals surface area contributed by atoms with Crippen LogP contribution >= 0.6 is 11.8 Å². The molecule has 3 heterocycles. The van der Waals surface area contributed by atoms with Crippen LogP contribution in [0.4, 0.5) is 0 Å². The smallest absolute Gasteiger partial charge is 0.0443 e. The summed E-state index contributed by atoms with van der Waals surface area (Å²) in [6, 6.07) is 0. The number of hydrogen-bond donors (Lipinski definition) is 1. The Labute approximate surface area is 72.0 Å². The van der Waals surface area contributed by atoms with Crippen molar-refractivity contribution in [2.24, 2.45) is 0 Å². The van der Waals surface area contributed by atoms with Crippen LogP contribution in [-0.2, 0) is 0 Å². The van der Waals surface area contributed by atoms with E-state index < -0.39 is 0 Å². The summed E-state index contributed by atoms with van der Waals surface area (Å²) in [6.07, 6.45) is 2.39. The average molecular weight is 173 g/mol. The van der Waals surface area contributed by atoms with Gasteiger partial charge in [-0.15, -0.1) is 0 Å². The lowest BCUT2D eigenvalue weighted by molar-refractivity contribution is 0.194. The lowest BCUT2D eigenvalue weighted by Crippen LogP contribution is -2.51. The van der Waals surface area contributed by atoms with Crippen molar-refractivity contribution in [1.29, 1.82) is 0 Å². The van der Waals surface area contributed by atoms with Gasteiger partial charge in [-0.05, 0) is 12.8 Å². The zero-order chi connectivity index (χ0) is 7.68. The summed E-state index contributed by atoms with van der Waals surface area (Å²) >= 11 is 2.15. The fourth-order valence-electron chi connectivity index (χ4n) is 1.92. The Morgan fingerprint density at radius 1 is 1.36 bits per heavy atom. The summed E-state index contributed by atoms with van der Waals surface area (Å²) in [7, 11) is 0. The van der Waals surface area contributed by atoms with Gasteiger partial charge in [-0.3, -0.25) is 0 Å². The molecular weight excluding hydrogens is 158 g/mol. The van der Waals surface area contributed by atoms with Crippen LogP contribution in [0.25, 0.3) is 0 Å². The molecular formula is C8H15NOS. The van der Waals surface area contributed by atoms with Crippen molar-refractivity contribution < 1.29 is 5.11 Å². The number of aliphatic hydroxyl groups is 1. The first-order chi connectivity index (χ1) is 5.38. The SMILES string of the molecule is OCCCN1CC2CC(C1)S2. The lowest BCUT2D eigenvalue weighted by Gasteiger charge is -2.46. The minimum atomic E-state index is 0.346. The molecule has 0 aromatic rings. The first-order valence-corrected chi connectivity index (χ1v) is 5.31. The molecule has 0 aromatic carbocycles. The highest BCUT2D eigenvalue weighted by molar-refractivity contribution is 8.02. The Balaban J connectivity index is 1.70. The normalized spacial score (nSPS) is 36.8. The molecule has 0 aliphatic carbocycles. The van der Waals surface area contributed by atoms with Gasteiger partial charge in [0, 0.05) is 36.7 Å².